The van der Waals surface area contributed by atoms with E-state index in [1.165, 1.54) is 0 Å². The number of hydrogen-bond acceptors (Lipinski definition) is 4. The molecule has 2 amide bonds. The maximum Gasteiger partial charge on any atom is 0.241 e. The minimum absolute atomic E-state index is 0.0951. The number of hydrazine groups is 1. The van der Waals surface area contributed by atoms with Crippen molar-refractivity contribution >= 4 is 11.8 Å². The zero-order valence-electron chi connectivity index (χ0n) is 20.0. The van der Waals surface area contributed by atoms with E-state index in [1.54, 1.807) is 0 Å². The Labute approximate surface area is 197 Å². The number of benzene rings is 2. The van der Waals surface area contributed by atoms with Crippen LogP contribution in [0.5, 0.6) is 0 Å². The molecule has 2 aliphatic heterocycles. The number of likely N-dealkylation sites (N-methyl/N-ethyl adjacent to an activating group) is 1. The third-order valence-corrected chi connectivity index (χ3v) is 7.04. The molecule has 2 fully saturated rings. The highest BCUT2D eigenvalue weighted by Gasteiger charge is 2.37. The summed E-state index contributed by atoms with van der Waals surface area (Å²) in [4.78, 5) is 30.6. The van der Waals surface area contributed by atoms with Crippen LogP contribution in [0.2, 0.25) is 0 Å². The standard InChI is InChI=1S/C27H36N4O2/c1-4-30-14-15-31(27(33)25-17-24(19(2)3)28-29-25)18-22(26(30)32)16-21-12-8-9-13-23(21)20-10-6-5-7-11-20/h5-13,19,22,24-25,28-29H,4,14-18H2,1-3H3. The van der Waals surface area contributed by atoms with Gasteiger partial charge in [0.15, 0.2) is 0 Å². The molecule has 2 saturated heterocycles. The van der Waals surface area contributed by atoms with E-state index < -0.39 is 0 Å². The Morgan fingerprint density at radius 2 is 1.76 bits per heavy atom. The third-order valence-electron chi connectivity index (χ3n) is 7.04. The molecule has 0 spiro atoms. The number of carbonyl (C=O) groups is 2. The average Bonchev–Trinajstić information content (AvgIpc) is 3.28. The molecule has 3 atom stereocenters. The zero-order chi connectivity index (χ0) is 23.4. The highest BCUT2D eigenvalue weighted by atomic mass is 16.2. The Morgan fingerprint density at radius 3 is 2.45 bits per heavy atom. The summed E-state index contributed by atoms with van der Waals surface area (Å²) in [7, 11) is 0. The summed E-state index contributed by atoms with van der Waals surface area (Å²) in [6.45, 7) is 8.63. The smallest absolute Gasteiger partial charge is 0.241 e. The van der Waals surface area contributed by atoms with E-state index in [2.05, 4.69) is 49.0 Å². The van der Waals surface area contributed by atoms with Crippen molar-refractivity contribution in [1.29, 1.82) is 0 Å². The van der Waals surface area contributed by atoms with Crippen LogP contribution in [0, 0.1) is 11.8 Å². The van der Waals surface area contributed by atoms with Gasteiger partial charge in [0.05, 0.1) is 5.92 Å². The largest absolute Gasteiger partial charge is 0.341 e. The fraction of sp³-hybridized carbons (Fsp3) is 0.481. The predicted molar refractivity (Wildman–Crippen MR) is 131 cm³/mol. The van der Waals surface area contributed by atoms with Crippen LogP contribution < -0.4 is 10.9 Å². The van der Waals surface area contributed by atoms with Crippen molar-refractivity contribution in [3.05, 3.63) is 60.2 Å². The number of hydrogen-bond donors (Lipinski definition) is 2. The van der Waals surface area contributed by atoms with E-state index in [0.29, 0.717) is 38.5 Å². The van der Waals surface area contributed by atoms with Gasteiger partial charge in [0.25, 0.3) is 0 Å². The minimum Gasteiger partial charge on any atom is -0.341 e. The first-order valence-corrected chi connectivity index (χ1v) is 12.2. The SMILES string of the molecule is CCN1CCN(C(=O)C2CC(C(C)C)NN2)CC(Cc2ccccc2-c2ccccc2)C1=O. The van der Waals surface area contributed by atoms with Gasteiger partial charge in [0, 0.05) is 32.2 Å². The van der Waals surface area contributed by atoms with Crippen molar-refractivity contribution in [2.24, 2.45) is 11.8 Å². The summed E-state index contributed by atoms with van der Waals surface area (Å²) in [5, 5.41) is 0. The minimum atomic E-state index is -0.253. The maximum absolute atomic E-state index is 13.4. The normalized spacial score (nSPS) is 23.8. The van der Waals surface area contributed by atoms with Gasteiger partial charge >= 0.3 is 0 Å². The van der Waals surface area contributed by atoms with Gasteiger partial charge in [0.1, 0.15) is 6.04 Å². The van der Waals surface area contributed by atoms with Crippen molar-refractivity contribution < 1.29 is 9.59 Å². The molecule has 2 aliphatic rings. The van der Waals surface area contributed by atoms with Crippen LogP contribution in [0.25, 0.3) is 11.1 Å². The van der Waals surface area contributed by atoms with Crippen molar-refractivity contribution in [2.45, 2.75) is 45.7 Å². The predicted octanol–water partition coefficient (Wildman–Crippen LogP) is 3.09. The number of nitrogens with one attached hydrogen (secondary N) is 2. The molecular formula is C27H36N4O2. The molecule has 0 bridgehead atoms. The Hall–Kier alpha value is -2.70. The van der Waals surface area contributed by atoms with E-state index in [9.17, 15) is 9.59 Å². The van der Waals surface area contributed by atoms with Crippen molar-refractivity contribution in [3.63, 3.8) is 0 Å². The molecule has 0 aliphatic carbocycles. The van der Waals surface area contributed by atoms with Crippen LogP contribution in [0.1, 0.15) is 32.8 Å². The van der Waals surface area contributed by atoms with E-state index in [-0.39, 0.29) is 29.8 Å². The van der Waals surface area contributed by atoms with Gasteiger partial charge in [-0.2, -0.15) is 0 Å². The van der Waals surface area contributed by atoms with Gasteiger partial charge in [-0.3, -0.25) is 15.0 Å². The maximum atomic E-state index is 13.4. The Bertz CT molecular complexity index is 962. The summed E-state index contributed by atoms with van der Waals surface area (Å²) in [5.74, 6) is 0.446. The van der Waals surface area contributed by atoms with Crippen LogP contribution in [-0.4, -0.2) is 59.9 Å². The van der Waals surface area contributed by atoms with Gasteiger partial charge in [0.2, 0.25) is 11.8 Å². The monoisotopic (exact) mass is 448 g/mol. The molecule has 176 valence electrons. The molecule has 2 aromatic carbocycles. The number of nitrogens with zero attached hydrogens (tertiary/aromatic N) is 2. The number of amides is 2. The van der Waals surface area contributed by atoms with Crippen LogP contribution in [-0.2, 0) is 16.0 Å². The van der Waals surface area contributed by atoms with Gasteiger partial charge in [-0.05, 0) is 42.4 Å². The van der Waals surface area contributed by atoms with Gasteiger partial charge in [-0.25, -0.2) is 5.43 Å². The molecule has 3 unspecified atom stereocenters. The van der Waals surface area contributed by atoms with Crippen LogP contribution in [0.15, 0.2) is 54.6 Å². The second-order valence-corrected chi connectivity index (χ2v) is 9.55. The fourth-order valence-electron chi connectivity index (χ4n) is 4.98. The molecular weight excluding hydrogens is 412 g/mol. The Morgan fingerprint density at radius 1 is 1.03 bits per heavy atom. The molecule has 0 radical (unpaired) electrons. The summed E-state index contributed by atoms with van der Waals surface area (Å²) < 4.78 is 0. The van der Waals surface area contributed by atoms with E-state index in [4.69, 9.17) is 0 Å². The molecule has 33 heavy (non-hydrogen) atoms. The second-order valence-electron chi connectivity index (χ2n) is 9.55. The van der Waals surface area contributed by atoms with Gasteiger partial charge < -0.3 is 9.80 Å². The molecule has 2 aromatic rings. The van der Waals surface area contributed by atoms with E-state index >= 15 is 0 Å². The van der Waals surface area contributed by atoms with E-state index in [0.717, 1.165) is 23.1 Å². The molecule has 2 heterocycles. The highest BCUT2D eigenvalue weighted by molar-refractivity contribution is 5.85. The number of carbonyl (C=O) groups excluding carboxylic acids is 2. The summed E-state index contributed by atoms with van der Waals surface area (Å²) >= 11 is 0. The Balaban J connectivity index is 1.55. The lowest BCUT2D eigenvalue weighted by atomic mass is 9.91. The topological polar surface area (TPSA) is 64.7 Å². The van der Waals surface area contributed by atoms with Crippen molar-refractivity contribution in [1.82, 2.24) is 20.7 Å². The lowest BCUT2D eigenvalue weighted by molar-refractivity contribution is -0.135. The molecule has 0 aromatic heterocycles. The van der Waals surface area contributed by atoms with E-state index in [1.807, 2.05) is 47.1 Å². The molecule has 6 heteroatoms. The molecule has 4 rings (SSSR count). The lowest BCUT2D eigenvalue weighted by Gasteiger charge is -2.26. The summed E-state index contributed by atoms with van der Waals surface area (Å²) in [6.07, 6.45) is 1.40. The van der Waals surface area contributed by atoms with Gasteiger partial charge in [-0.1, -0.05) is 68.4 Å². The first kappa shape index (κ1) is 23.5. The van der Waals surface area contributed by atoms with Crippen LogP contribution in [0.4, 0.5) is 0 Å². The van der Waals surface area contributed by atoms with Gasteiger partial charge in [-0.15, -0.1) is 0 Å². The highest BCUT2D eigenvalue weighted by Crippen LogP contribution is 2.27. The van der Waals surface area contributed by atoms with Crippen LogP contribution in [0.3, 0.4) is 0 Å². The quantitative estimate of drug-likeness (QED) is 0.713. The summed E-state index contributed by atoms with van der Waals surface area (Å²) in [5.41, 5.74) is 9.91. The Kier molecular flexibility index (Phi) is 7.46. The van der Waals surface area contributed by atoms with Crippen molar-refractivity contribution in [3.8, 4) is 11.1 Å². The fourth-order valence-corrected chi connectivity index (χ4v) is 4.98. The third kappa shape index (κ3) is 5.28. The van der Waals surface area contributed by atoms with Crippen LogP contribution >= 0.6 is 0 Å². The first-order valence-electron chi connectivity index (χ1n) is 12.2. The molecule has 6 nitrogen and oxygen atoms in total. The summed E-state index contributed by atoms with van der Waals surface area (Å²) in [6, 6.07) is 18.6. The first-order chi connectivity index (χ1) is 16.0. The molecule has 2 N–H and O–H groups in total. The zero-order valence-corrected chi connectivity index (χ0v) is 20.0. The lowest BCUT2D eigenvalue weighted by Crippen LogP contribution is -2.48. The second kappa shape index (κ2) is 10.5. The average molecular weight is 449 g/mol. The van der Waals surface area contributed by atoms with Crippen molar-refractivity contribution in [2.75, 3.05) is 26.2 Å². The molecule has 0 saturated carbocycles. The number of rotatable bonds is 6.